The molecule has 2 aromatic carbocycles. The summed E-state index contributed by atoms with van der Waals surface area (Å²) in [7, 11) is -3.75. The van der Waals surface area contributed by atoms with Gasteiger partial charge in [0.25, 0.3) is 0 Å². The van der Waals surface area contributed by atoms with Crippen LogP contribution in [0.1, 0.15) is 43.0 Å². The number of carbonyl (C=O) groups excluding carboxylic acids is 2. The Morgan fingerprint density at radius 3 is 1.97 bits per heavy atom. The number of aryl methyl sites for hydroxylation is 3. The highest BCUT2D eigenvalue weighted by Gasteiger charge is 2.31. The number of hydrogen-bond donors (Lipinski definition) is 1. The van der Waals surface area contributed by atoms with Crippen molar-refractivity contribution in [1.29, 1.82) is 0 Å². The number of rotatable bonds is 9. The van der Waals surface area contributed by atoms with E-state index in [2.05, 4.69) is 5.32 Å². The predicted octanol–water partition coefficient (Wildman–Crippen LogP) is 3.32. The van der Waals surface area contributed by atoms with Crippen LogP contribution in [-0.2, 0) is 26.2 Å². The van der Waals surface area contributed by atoms with Gasteiger partial charge >= 0.3 is 0 Å². The van der Waals surface area contributed by atoms with Gasteiger partial charge in [-0.25, -0.2) is 8.42 Å². The van der Waals surface area contributed by atoms with Crippen LogP contribution >= 0.6 is 0 Å². The molecule has 1 N–H and O–H groups in total. The Morgan fingerprint density at radius 2 is 1.48 bits per heavy atom. The molecule has 1 atom stereocenters. The molecule has 0 radical (unpaired) electrons. The smallest absolute Gasteiger partial charge is 0.244 e. The van der Waals surface area contributed by atoms with Crippen molar-refractivity contribution >= 4 is 27.5 Å². The Morgan fingerprint density at radius 1 is 0.939 bits per heavy atom. The highest BCUT2D eigenvalue weighted by atomic mass is 32.2. The fraction of sp³-hybridized carbons (Fsp3) is 0.440. The van der Waals surface area contributed by atoms with Gasteiger partial charge in [-0.05, 0) is 58.2 Å². The van der Waals surface area contributed by atoms with Crippen molar-refractivity contribution in [3.8, 4) is 0 Å². The van der Waals surface area contributed by atoms with Crippen LogP contribution in [0, 0.1) is 20.8 Å². The number of carbonyl (C=O) groups is 2. The number of benzene rings is 2. The summed E-state index contributed by atoms with van der Waals surface area (Å²) in [4.78, 5) is 27.7. The van der Waals surface area contributed by atoms with Crippen molar-refractivity contribution in [1.82, 2.24) is 10.2 Å². The SMILES string of the molecule is Cc1ccc(CN(C(=O)CN(c2c(C)cccc2C)S(C)(=O)=O)[C@H](C)C(=O)NC(C)C)cc1. The minimum absolute atomic E-state index is 0.0848. The fourth-order valence-corrected chi connectivity index (χ4v) is 4.62. The van der Waals surface area contributed by atoms with E-state index < -0.39 is 28.5 Å². The average Bonchev–Trinajstić information content (AvgIpc) is 2.70. The second-order valence-electron chi connectivity index (χ2n) is 8.86. The van der Waals surface area contributed by atoms with Gasteiger partial charge in [-0.15, -0.1) is 0 Å². The fourth-order valence-electron chi connectivity index (χ4n) is 3.65. The Kier molecular flexibility index (Phi) is 8.66. The molecule has 8 heteroatoms. The van der Waals surface area contributed by atoms with E-state index in [-0.39, 0.29) is 18.5 Å². The molecule has 33 heavy (non-hydrogen) atoms. The Balaban J connectivity index is 2.44. The van der Waals surface area contributed by atoms with Gasteiger partial charge in [-0.1, -0.05) is 48.0 Å². The first-order valence-corrected chi connectivity index (χ1v) is 12.9. The van der Waals surface area contributed by atoms with Gasteiger partial charge in [-0.2, -0.15) is 0 Å². The molecule has 2 rings (SSSR count). The lowest BCUT2D eigenvalue weighted by Gasteiger charge is -2.32. The molecule has 0 saturated heterocycles. The molecule has 2 amide bonds. The Bertz CT molecular complexity index is 1070. The highest BCUT2D eigenvalue weighted by Crippen LogP contribution is 2.27. The van der Waals surface area contributed by atoms with E-state index in [1.165, 1.54) is 4.90 Å². The van der Waals surface area contributed by atoms with Crippen LogP contribution in [0.4, 0.5) is 5.69 Å². The highest BCUT2D eigenvalue weighted by molar-refractivity contribution is 7.92. The molecule has 0 unspecified atom stereocenters. The van der Waals surface area contributed by atoms with Gasteiger partial charge in [0.1, 0.15) is 12.6 Å². The van der Waals surface area contributed by atoms with Crippen molar-refractivity contribution in [2.24, 2.45) is 0 Å². The average molecular weight is 474 g/mol. The summed E-state index contributed by atoms with van der Waals surface area (Å²) in [5.41, 5.74) is 3.94. The van der Waals surface area contributed by atoms with Gasteiger partial charge in [-0.3, -0.25) is 13.9 Å². The monoisotopic (exact) mass is 473 g/mol. The lowest BCUT2D eigenvalue weighted by atomic mass is 10.1. The first-order valence-electron chi connectivity index (χ1n) is 11.0. The molecular weight excluding hydrogens is 438 g/mol. The van der Waals surface area contributed by atoms with Crippen LogP contribution < -0.4 is 9.62 Å². The molecule has 0 aromatic heterocycles. The molecule has 0 aliphatic rings. The Hall–Kier alpha value is -2.87. The lowest BCUT2D eigenvalue weighted by Crippen LogP contribution is -2.52. The second-order valence-corrected chi connectivity index (χ2v) is 10.8. The largest absolute Gasteiger partial charge is 0.352 e. The topological polar surface area (TPSA) is 86.8 Å². The van der Waals surface area contributed by atoms with E-state index in [9.17, 15) is 18.0 Å². The van der Waals surface area contributed by atoms with Crippen LogP contribution in [0.5, 0.6) is 0 Å². The zero-order valence-corrected chi connectivity index (χ0v) is 21.4. The molecule has 0 fully saturated rings. The van der Waals surface area contributed by atoms with Crippen molar-refractivity contribution < 1.29 is 18.0 Å². The van der Waals surface area contributed by atoms with Crippen molar-refractivity contribution in [2.75, 3.05) is 17.1 Å². The third kappa shape index (κ3) is 7.05. The predicted molar refractivity (Wildman–Crippen MR) is 133 cm³/mol. The molecule has 0 heterocycles. The molecule has 0 aliphatic heterocycles. The van der Waals surface area contributed by atoms with Gasteiger partial charge in [0, 0.05) is 12.6 Å². The summed E-state index contributed by atoms with van der Waals surface area (Å²) in [6.07, 6.45) is 1.09. The summed E-state index contributed by atoms with van der Waals surface area (Å²) in [6.45, 7) is 10.8. The molecule has 0 spiro atoms. The summed E-state index contributed by atoms with van der Waals surface area (Å²) in [5, 5.41) is 2.84. The molecular formula is C25H35N3O4S. The van der Waals surface area contributed by atoms with Crippen LogP contribution in [0.15, 0.2) is 42.5 Å². The number of para-hydroxylation sites is 1. The summed E-state index contributed by atoms with van der Waals surface area (Å²) >= 11 is 0. The van der Waals surface area contributed by atoms with E-state index in [0.29, 0.717) is 5.69 Å². The van der Waals surface area contributed by atoms with Crippen LogP contribution in [0.3, 0.4) is 0 Å². The minimum Gasteiger partial charge on any atom is -0.352 e. The standard InChI is InChI=1S/C25H35N3O4S/c1-17(2)26-25(30)21(6)27(15-22-13-11-18(3)12-14-22)23(29)16-28(33(7,31)32)24-19(4)9-8-10-20(24)5/h8-14,17,21H,15-16H2,1-7H3,(H,26,30)/t21-/m1/s1. The van der Waals surface area contributed by atoms with Gasteiger partial charge in [0.05, 0.1) is 11.9 Å². The number of sulfonamides is 1. The first kappa shape index (κ1) is 26.4. The van der Waals surface area contributed by atoms with E-state index >= 15 is 0 Å². The van der Waals surface area contributed by atoms with E-state index in [1.54, 1.807) is 6.92 Å². The minimum atomic E-state index is -3.75. The zero-order valence-electron chi connectivity index (χ0n) is 20.5. The number of anilines is 1. The normalized spacial score (nSPS) is 12.4. The number of nitrogens with one attached hydrogen (secondary N) is 1. The van der Waals surface area contributed by atoms with Crippen LogP contribution in [0.25, 0.3) is 0 Å². The number of hydrogen-bond acceptors (Lipinski definition) is 4. The molecule has 7 nitrogen and oxygen atoms in total. The van der Waals surface area contributed by atoms with Crippen molar-refractivity contribution in [2.45, 2.75) is 60.2 Å². The second kappa shape index (κ2) is 10.8. The van der Waals surface area contributed by atoms with Gasteiger partial charge < -0.3 is 10.2 Å². The molecule has 0 bridgehead atoms. The maximum absolute atomic E-state index is 13.5. The van der Waals surface area contributed by atoms with E-state index in [0.717, 1.165) is 32.8 Å². The molecule has 2 aromatic rings. The number of amides is 2. The zero-order chi connectivity index (χ0) is 24.9. The van der Waals surface area contributed by atoms with Gasteiger partial charge in [0.2, 0.25) is 21.8 Å². The van der Waals surface area contributed by atoms with Crippen molar-refractivity contribution in [3.63, 3.8) is 0 Å². The maximum atomic E-state index is 13.5. The van der Waals surface area contributed by atoms with Crippen LogP contribution in [0.2, 0.25) is 0 Å². The quantitative estimate of drug-likeness (QED) is 0.605. The maximum Gasteiger partial charge on any atom is 0.244 e. The number of nitrogens with zero attached hydrogens (tertiary/aromatic N) is 2. The van der Waals surface area contributed by atoms with Gasteiger partial charge in [0.15, 0.2) is 0 Å². The third-order valence-corrected chi connectivity index (χ3v) is 6.55. The summed E-state index contributed by atoms with van der Waals surface area (Å²) in [6, 6.07) is 12.3. The molecule has 180 valence electrons. The first-order chi connectivity index (χ1) is 15.3. The molecule has 0 saturated carbocycles. The molecule has 0 aliphatic carbocycles. The van der Waals surface area contributed by atoms with Crippen molar-refractivity contribution in [3.05, 3.63) is 64.7 Å². The third-order valence-electron chi connectivity index (χ3n) is 5.44. The van der Waals surface area contributed by atoms with E-state index in [1.807, 2.05) is 77.1 Å². The summed E-state index contributed by atoms with van der Waals surface area (Å²) < 4.78 is 26.6. The summed E-state index contributed by atoms with van der Waals surface area (Å²) in [5.74, 6) is -0.738. The van der Waals surface area contributed by atoms with E-state index in [4.69, 9.17) is 0 Å². The van der Waals surface area contributed by atoms with Crippen LogP contribution in [-0.4, -0.2) is 50.0 Å². The lowest BCUT2D eigenvalue weighted by molar-refractivity contribution is -0.139. The Labute approximate surface area is 197 Å².